The Balaban J connectivity index is 1.89. The van der Waals surface area contributed by atoms with Gasteiger partial charge in [-0.05, 0) is 44.0 Å². The maximum atomic E-state index is 12.1. The molecule has 0 saturated carbocycles. The highest BCUT2D eigenvalue weighted by Gasteiger charge is 2.21. The summed E-state index contributed by atoms with van der Waals surface area (Å²) in [6.45, 7) is 3.59. The maximum absolute atomic E-state index is 12.1. The minimum absolute atomic E-state index is 0.0670. The molecule has 1 saturated heterocycles. The number of likely N-dealkylation sites (tertiary alicyclic amines) is 1. The molecule has 2 N–H and O–H groups in total. The molecular formula is C15H20Cl2N2O2. The first-order valence-electron chi connectivity index (χ1n) is 7.10. The number of nitrogens with zero attached hydrogens (tertiary/aromatic N) is 1. The lowest BCUT2D eigenvalue weighted by molar-refractivity contribution is -0.123. The van der Waals surface area contributed by atoms with E-state index in [1.54, 1.807) is 12.1 Å². The summed E-state index contributed by atoms with van der Waals surface area (Å²) in [5.74, 6) is -0.0670. The Hall–Kier alpha value is -0.810. The van der Waals surface area contributed by atoms with E-state index in [1.165, 1.54) is 0 Å². The second kappa shape index (κ2) is 7.45. The van der Waals surface area contributed by atoms with Crippen LogP contribution in [0.2, 0.25) is 10.0 Å². The van der Waals surface area contributed by atoms with Crippen LogP contribution < -0.4 is 5.32 Å². The van der Waals surface area contributed by atoms with E-state index in [-0.39, 0.29) is 18.1 Å². The SMILES string of the molecule is CC(NC(=O)CN1CCCC(O)C1)c1ccc(Cl)cc1Cl. The largest absolute Gasteiger partial charge is 0.392 e. The monoisotopic (exact) mass is 330 g/mol. The molecule has 1 aromatic rings. The lowest BCUT2D eigenvalue weighted by atomic mass is 10.1. The third kappa shape index (κ3) is 4.85. The normalized spacial score (nSPS) is 21.0. The standard InChI is InChI=1S/C15H20Cl2N2O2/c1-10(13-5-4-11(16)7-14(13)17)18-15(21)9-19-6-2-3-12(20)8-19/h4-5,7,10,12,20H,2-3,6,8-9H2,1H3,(H,18,21). The smallest absolute Gasteiger partial charge is 0.234 e. The van der Waals surface area contributed by atoms with Gasteiger partial charge >= 0.3 is 0 Å². The molecular weight excluding hydrogens is 311 g/mol. The van der Waals surface area contributed by atoms with Crippen LogP contribution in [0.15, 0.2) is 18.2 Å². The van der Waals surface area contributed by atoms with Gasteiger partial charge in [0.15, 0.2) is 0 Å². The molecule has 1 heterocycles. The fourth-order valence-electron chi connectivity index (χ4n) is 2.60. The van der Waals surface area contributed by atoms with Crippen molar-refractivity contribution in [3.63, 3.8) is 0 Å². The quantitative estimate of drug-likeness (QED) is 0.892. The van der Waals surface area contributed by atoms with Crippen molar-refractivity contribution in [3.05, 3.63) is 33.8 Å². The highest BCUT2D eigenvalue weighted by Crippen LogP contribution is 2.26. The first kappa shape index (κ1) is 16.6. The highest BCUT2D eigenvalue weighted by atomic mass is 35.5. The molecule has 0 radical (unpaired) electrons. The number of aliphatic hydroxyl groups excluding tert-OH is 1. The van der Waals surface area contributed by atoms with Crippen molar-refractivity contribution in [2.75, 3.05) is 19.6 Å². The van der Waals surface area contributed by atoms with Crippen molar-refractivity contribution in [1.82, 2.24) is 10.2 Å². The van der Waals surface area contributed by atoms with Gasteiger partial charge in [-0.3, -0.25) is 9.69 Å². The van der Waals surface area contributed by atoms with Gasteiger partial charge in [-0.2, -0.15) is 0 Å². The van der Waals surface area contributed by atoms with E-state index in [9.17, 15) is 9.90 Å². The van der Waals surface area contributed by atoms with Crippen molar-refractivity contribution < 1.29 is 9.90 Å². The number of nitrogens with one attached hydrogen (secondary N) is 1. The van der Waals surface area contributed by atoms with Crippen molar-refractivity contribution in [3.8, 4) is 0 Å². The van der Waals surface area contributed by atoms with Crippen LogP contribution in [0.3, 0.4) is 0 Å². The van der Waals surface area contributed by atoms with E-state index in [0.717, 1.165) is 24.9 Å². The van der Waals surface area contributed by atoms with Gasteiger partial charge in [0.05, 0.1) is 18.7 Å². The van der Waals surface area contributed by atoms with Crippen molar-refractivity contribution in [2.24, 2.45) is 0 Å². The summed E-state index contributed by atoms with van der Waals surface area (Å²) < 4.78 is 0. The van der Waals surface area contributed by atoms with Gasteiger partial charge in [0, 0.05) is 16.6 Å². The molecule has 0 spiro atoms. The Morgan fingerprint density at radius 1 is 1.52 bits per heavy atom. The number of rotatable bonds is 4. The molecule has 2 atom stereocenters. The third-order valence-corrected chi connectivity index (χ3v) is 4.22. The summed E-state index contributed by atoms with van der Waals surface area (Å²) in [7, 11) is 0. The molecule has 0 bridgehead atoms. The Morgan fingerprint density at radius 3 is 2.95 bits per heavy atom. The Labute approximate surface area is 135 Å². The van der Waals surface area contributed by atoms with Gasteiger partial charge in [0.2, 0.25) is 5.91 Å². The molecule has 0 aliphatic carbocycles. The summed E-state index contributed by atoms with van der Waals surface area (Å²) in [6, 6.07) is 5.06. The number of piperidine rings is 1. The number of halogens is 2. The molecule has 1 amide bonds. The highest BCUT2D eigenvalue weighted by molar-refractivity contribution is 6.35. The zero-order chi connectivity index (χ0) is 15.4. The van der Waals surface area contributed by atoms with E-state index >= 15 is 0 Å². The summed E-state index contributed by atoms with van der Waals surface area (Å²) in [6.07, 6.45) is 1.41. The van der Waals surface area contributed by atoms with Crippen LogP contribution in [-0.4, -0.2) is 41.7 Å². The molecule has 0 aromatic heterocycles. The lowest BCUT2D eigenvalue weighted by Crippen LogP contribution is -2.44. The van der Waals surface area contributed by atoms with Gasteiger partial charge in [-0.25, -0.2) is 0 Å². The predicted molar refractivity (Wildman–Crippen MR) is 84.7 cm³/mol. The van der Waals surface area contributed by atoms with Gasteiger partial charge in [-0.1, -0.05) is 29.3 Å². The zero-order valence-electron chi connectivity index (χ0n) is 12.0. The number of carbonyl (C=O) groups excluding carboxylic acids is 1. The number of carbonyl (C=O) groups is 1. The van der Waals surface area contributed by atoms with Crippen LogP contribution in [0.25, 0.3) is 0 Å². The first-order chi connectivity index (χ1) is 9.95. The molecule has 2 unspecified atom stereocenters. The number of benzene rings is 1. The minimum atomic E-state index is -0.324. The van der Waals surface area contributed by atoms with Crippen LogP contribution in [0.4, 0.5) is 0 Å². The van der Waals surface area contributed by atoms with E-state index in [4.69, 9.17) is 23.2 Å². The number of hydrogen-bond donors (Lipinski definition) is 2. The number of β-amino-alcohol motifs (C(OH)–C–C–N with tert-alkyl or cyclic N) is 1. The fraction of sp³-hybridized carbons (Fsp3) is 0.533. The van der Waals surface area contributed by atoms with Crippen molar-refractivity contribution >= 4 is 29.1 Å². The number of aliphatic hydroxyl groups is 1. The minimum Gasteiger partial charge on any atom is -0.392 e. The summed E-state index contributed by atoms with van der Waals surface area (Å²) in [4.78, 5) is 14.0. The average molecular weight is 331 g/mol. The average Bonchev–Trinajstić information content (AvgIpc) is 2.38. The molecule has 21 heavy (non-hydrogen) atoms. The number of hydrogen-bond acceptors (Lipinski definition) is 3. The Bertz CT molecular complexity index is 510. The van der Waals surface area contributed by atoms with E-state index in [2.05, 4.69) is 5.32 Å². The Kier molecular flexibility index (Phi) is 5.88. The van der Waals surface area contributed by atoms with E-state index < -0.39 is 0 Å². The van der Waals surface area contributed by atoms with Gasteiger partial charge < -0.3 is 10.4 Å². The molecule has 1 fully saturated rings. The molecule has 1 aliphatic rings. The van der Waals surface area contributed by atoms with E-state index in [1.807, 2.05) is 17.9 Å². The van der Waals surface area contributed by atoms with Gasteiger partial charge in [0.1, 0.15) is 0 Å². The Morgan fingerprint density at radius 2 is 2.29 bits per heavy atom. The van der Waals surface area contributed by atoms with E-state index in [0.29, 0.717) is 23.1 Å². The second-order valence-corrected chi connectivity index (χ2v) is 6.33. The summed E-state index contributed by atoms with van der Waals surface area (Å²) in [5, 5.41) is 13.7. The third-order valence-electron chi connectivity index (χ3n) is 3.65. The van der Waals surface area contributed by atoms with Crippen molar-refractivity contribution in [2.45, 2.75) is 31.9 Å². The van der Waals surface area contributed by atoms with Crippen LogP contribution in [0.1, 0.15) is 31.4 Å². The summed E-state index contributed by atoms with van der Waals surface area (Å²) >= 11 is 12.0. The lowest BCUT2D eigenvalue weighted by Gasteiger charge is -2.29. The van der Waals surface area contributed by atoms with Gasteiger partial charge in [-0.15, -0.1) is 0 Å². The van der Waals surface area contributed by atoms with Crippen molar-refractivity contribution in [1.29, 1.82) is 0 Å². The second-order valence-electron chi connectivity index (χ2n) is 5.49. The van der Waals surface area contributed by atoms with Crippen LogP contribution in [0.5, 0.6) is 0 Å². The number of amides is 1. The fourth-order valence-corrected chi connectivity index (χ4v) is 3.17. The van der Waals surface area contributed by atoms with Crippen LogP contribution in [-0.2, 0) is 4.79 Å². The van der Waals surface area contributed by atoms with Crippen LogP contribution >= 0.6 is 23.2 Å². The van der Waals surface area contributed by atoms with Gasteiger partial charge in [0.25, 0.3) is 0 Å². The first-order valence-corrected chi connectivity index (χ1v) is 7.86. The van der Waals surface area contributed by atoms with Crippen LogP contribution in [0, 0.1) is 0 Å². The molecule has 6 heteroatoms. The molecule has 1 aliphatic heterocycles. The molecule has 2 rings (SSSR count). The zero-order valence-corrected chi connectivity index (χ0v) is 13.5. The topological polar surface area (TPSA) is 52.6 Å². The molecule has 116 valence electrons. The maximum Gasteiger partial charge on any atom is 0.234 e. The predicted octanol–water partition coefficient (Wildman–Crippen LogP) is 2.63. The summed E-state index contributed by atoms with van der Waals surface area (Å²) in [5.41, 5.74) is 0.841. The molecule has 4 nitrogen and oxygen atoms in total. The molecule has 1 aromatic carbocycles.